The molecule has 4 rings (SSSR count). The van der Waals surface area contributed by atoms with Crippen molar-refractivity contribution in [2.24, 2.45) is 10.8 Å². The third-order valence-corrected chi connectivity index (χ3v) is 5.57. The summed E-state index contributed by atoms with van der Waals surface area (Å²) < 4.78 is 0. The predicted octanol–water partition coefficient (Wildman–Crippen LogP) is 2.85. The number of carbonyl (C=O) groups excluding carboxylic acids is 1. The largest absolute Gasteiger partial charge is 0.359 e. The van der Waals surface area contributed by atoms with Crippen LogP contribution in [0, 0.1) is 10.8 Å². The minimum atomic E-state index is 0.105. The lowest BCUT2D eigenvalue weighted by Gasteiger charge is -2.39. The molecule has 0 radical (unpaired) electrons. The number of aromatic amines is 1. The highest BCUT2D eigenvalue weighted by molar-refractivity contribution is 6.28. The third kappa shape index (κ3) is 3.05. The van der Waals surface area contributed by atoms with Crippen LogP contribution in [0.3, 0.4) is 0 Å². The number of carbonyl (C=O) groups is 1. The van der Waals surface area contributed by atoms with E-state index >= 15 is 0 Å². The predicted molar refractivity (Wildman–Crippen MR) is 96.4 cm³/mol. The summed E-state index contributed by atoms with van der Waals surface area (Å²) in [6.45, 7) is 7.95. The molecule has 2 atom stereocenters. The van der Waals surface area contributed by atoms with E-state index in [2.05, 4.69) is 50.9 Å². The first-order valence-electron chi connectivity index (χ1n) is 8.65. The Morgan fingerprint density at radius 3 is 3.00 bits per heavy atom. The maximum atomic E-state index is 12.8. The summed E-state index contributed by atoms with van der Waals surface area (Å²) in [5.41, 5.74) is 1.67. The van der Waals surface area contributed by atoms with Crippen LogP contribution < -0.4 is 5.32 Å². The summed E-state index contributed by atoms with van der Waals surface area (Å²) in [6, 6.07) is 0.337. The van der Waals surface area contributed by atoms with Crippen LogP contribution >= 0.6 is 11.6 Å². The Balaban J connectivity index is 1.49. The van der Waals surface area contributed by atoms with Crippen LogP contribution in [-0.2, 0) is 4.79 Å². The van der Waals surface area contributed by atoms with Gasteiger partial charge in [0, 0.05) is 12.6 Å². The first kappa shape index (κ1) is 16.6. The van der Waals surface area contributed by atoms with E-state index in [0.717, 1.165) is 19.4 Å². The molecule has 2 fully saturated rings. The molecule has 134 valence electrons. The van der Waals surface area contributed by atoms with Crippen LogP contribution in [0.15, 0.2) is 6.33 Å². The van der Waals surface area contributed by atoms with Crippen LogP contribution in [0.4, 0.5) is 5.82 Å². The lowest BCUT2D eigenvalue weighted by atomic mass is 9.65. The zero-order valence-electron chi connectivity index (χ0n) is 14.8. The Labute approximate surface area is 151 Å². The van der Waals surface area contributed by atoms with Gasteiger partial charge in [-0.05, 0) is 41.7 Å². The summed E-state index contributed by atoms with van der Waals surface area (Å²) >= 11 is 5.93. The molecule has 1 aliphatic carbocycles. The SMILES string of the molecule is CC1(C)C[C@H]2C[C@@](C)(CN2C(=O)CNc2nc(Cl)nc3nc[nH]c23)C1. The zero-order chi connectivity index (χ0) is 17.8. The maximum Gasteiger partial charge on any atom is 0.242 e. The number of anilines is 1. The highest BCUT2D eigenvalue weighted by Gasteiger charge is 2.50. The number of aromatic nitrogens is 4. The molecular formula is C17H23ClN6O. The van der Waals surface area contributed by atoms with Crippen molar-refractivity contribution in [3.63, 3.8) is 0 Å². The second kappa shape index (κ2) is 5.56. The van der Waals surface area contributed by atoms with Gasteiger partial charge in [0.25, 0.3) is 0 Å². The van der Waals surface area contributed by atoms with E-state index in [4.69, 9.17) is 11.6 Å². The highest BCUT2D eigenvalue weighted by atomic mass is 35.5. The molecule has 0 unspecified atom stereocenters. The molecular weight excluding hydrogens is 340 g/mol. The second-order valence-electron chi connectivity index (χ2n) is 8.53. The van der Waals surface area contributed by atoms with Crippen molar-refractivity contribution in [2.75, 3.05) is 18.4 Å². The summed E-state index contributed by atoms with van der Waals surface area (Å²) in [6.07, 6.45) is 4.88. The molecule has 3 heterocycles. The first-order chi connectivity index (χ1) is 11.7. The van der Waals surface area contributed by atoms with Gasteiger partial charge in [0.2, 0.25) is 11.2 Å². The number of H-pyrrole nitrogens is 1. The van der Waals surface area contributed by atoms with E-state index in [1.807, 2.05) is 0 Å². The quantitative estimate of drug-likeness (QED) is 0.820. The molecule has 0 spiro atoms. The number of rotatable bonds is 3. The number of hydrogen-bond donors (Lipinski definition) is 2. The average molecular weight is 363 g/mol. The van der Waals surface area contributed by atoms with Crippen molar-refractivity contribution in [1.82, 2.24) is 24.8 Å². The Morgan fingerprint density at radius 1 is 1.40 bits per heavy atom. The zero-order valence-corrected chi connectivity index (χ0v) is 15.5. The van der Waals surface area contributed by atoms with Gasteiger partial charge in [-0.15, -0.1) is 0 Å². The Hall–Kier alpha value is -1.89. The minimum Gasteiger partial charge on any atom is -0.359 e. The molecule has 0 aromatic carbocycles. The van der Waals surface area contributed by atoms with E-state index in [0.29, 0.717) is 28.4 Å². The molecule has 2 aromatic rings. The molecule has 25 heavy (non-hydrogen) atoms. The Kier molecular flexibility index (Phi) is 3.68. The molecule has 1 saturated heterocycles. The van der Waals surface area contributed by atoms with E-state index in [9.17, 15) is 4.79 Å². The fourth-order valence-corrected chi connectivity index (χ4v) is 5.11. The number of likely N-dealkylation sites (tertiary alicyclic amines) is 1. The average Bonchev–Trinajstić information content (AvgIpc) is 3.05. The van der Waals surface area contributed by atoms with Crippen LogP contribution in [0.25, 0.3) is 11.2 Å². The first-order valence-corrected chi connectivity index (χ1v) is 9.03. The fraction of sp³-hybridized carbons (Fsp3) is 0.647. The van der Waals surface area contributed by atoms with E-state index < -0.39 is 0 Å². The number of nitrogens with zero attached hydrogens (tertiary/aromatic N) is 4. The lowest BCUT2D eigenvalue weighted by molar-refractivity contribution is -0.130. The lowest BCUT2D eigenvalue weighted by Crippen LogP contribution is -2.40. The summed E-state index contributed by atoms with van der Waals surface area (Å²) in [5, 5.41) is 3.22. The Bertz CT molecular complexity index is 834. The van der Waals surface area contributed by atoms with Gasteiger partial charge in [0.1, 0.15) is 5.52 Å². The summed E-state index contributed by atoms with van der Waals surface area (Å²) in [7, 11) is 0. The topological polar surface area (TPSA) is 86.8 Å². The molecule has 2 aliphatic rings. The van der Waals surface area contributed by atoms with Gasteiger partial charge in [-0.3, -0.25) is 4.79 Å². The standard InChI is InChI=1S/C17H23ClN6O/c1-16(2)4-10-5-17(3,7-16)8-24(10)11(25)6-19-13-12-14(21-9-20-12)23-15(18)22-13/h9-10H,4-8H2,1-3H3,(H2,19,20,21,22,23)/t10-,17+/m0/s1. The van der Waals surface area contributed by atoms with Gasteiger partial charge >= 0.3 is 0 Å². The third-order valence-electron chi connectivity index (χ3n) is 5.40. The fourth-order valence-electron chi connectivity index (χ4n) is 4.95. The molecule has 8 heteroatoms. The summed E-state index contributed by atoms with van der Waals surface area (Å²) in [4.78, 5) is 30.2. The summed E-state index contributed by atoms with van der Waals surface area (Å²) in [5.74, 6) is 0.614. The molecule has 1 amide bonds. The normalized spacial score (nSPS) is 27.7. The number of nitrogens with one attached hydrogen (secondary N) is 2. The molecule has 2 bridgehead atoms. The molecule has 1 saturated carbocycles. The van der Waals surface area contributed by atoms with Crippen LogP contribution in [0.1, 0.15) is 40.0 Å². The van der Waals surface area contributed by atoms with Crippen molar-refractivity contribution < 1.29 is 4.79 Å². The molecule has 1 aliphatic heterocycles. The number of halogens is 1. The van der Waals surface area contributed by atoms with Crippen LogP contribution in [0.5, 0.6) is 0 Å². The van der Waals surface area contributed by atoms with Gasteiger partial charge in [0.15, 0.2) is 11.5 Å². The monoisotopic (exact) mass is 362 g/mol. The van der Waals surface area contributed by atoms with Gasteiger partial charge < -0.3 is 15.2 Å². The van der Waals surface area contributed by atoms with E-state index in [-0.39, 0.29) is 23.2 Å². The van der Waals surface area contributed by atoms with Crippen molar-refractivity contribution in [2.45, 2.75) is 46.1 Å². The van der Waals surface area contributed by atoms with Crippen molar-refractivity contribution in [3.8, 4) is 0 Å². The van der Waals surface area contributed by atoms with Crippen molar-refractivity contribution in [1.29, 1.82) is 0 Å². The molecule has 7 nitrogen and oxygen atoms in total. The van der Waals surface area contributed by atoms with Gasteiger partial charge in [-0.1, -0.05) is 20.8 Å². The second-order valence-corrected chi connectivity index (χ2v) is 8.87. The van der Waals surface area contributed by atoms with Crippen LogP contribution in [-0.4, -0.2) is 49.9 Å². The smallest absolute Gasteiger partial charge is 0.242 e. The Morgan fingerprint density at radius 2 is 2.20 bits per heavy atom. The van der Waals surface area contributed by atoms with E-state index in [1.54, 1.807) is 0 Å². The van der Waals surface area contributed by atoms with Gasteiger partial charge in [-0.25, -0.2) is 4.98 Å². The number of imidazole rings is 1. The molecule has 2 N–H and O–H groups in total. The van der Waals surface area contributed by atoms with Crippen molar-refractivity contribution in [3.05, 3.63) is 11.6 Å². The number of hydrogen-bond acceptors (Lipinski definition) is 5. The molecule has 2 aromatic heterocycles. The number of amides is 1. The van der Waals surface area contributed by atoms with Crippen molar-refractivity contribution >= 4 is 34.5 Å². The minimum absolute atomic E-state index is 0.105. The van der Waals surface area contributed by atoms with Crippen LogP contribution in [0.2, 0.25) is 5.28 Å². The van der Waals surface area contributed by atoms with Gasteiger partial charge in [-0.2, -0.15) is 9.97 Å². The van der Waals surface area contributed by atoms with E-state index in [1.165, 1.54) is 12.7 Å². The van der Waals surface area contributed by atoms with Gasteiger partial charge in [0.05, 0.1) is 12.9 Å². The maximum absolute atomic E-state index is 12.8. The number of fused-ring (bicyclic) bond motifs is 3. The highest BCUT2D eigenvalue weighted by Crippen LogP contribution is 2.52.